The van der Waals surface area contributed by atoms with Crippen molar-refractivity contribution >= 4 is 58.5 Å². The van der Waals surface area contributed by atoms with E-state index in [1.54, 1.807) is 37.4 Å². The molecule has 2 heterocycles. The van der Waals surface area contributed by atoms with E-state index in [2.05, 4.69) is 10.3 Å². The number of methoxy groups -OCH3 is 1. The first-order valence-electron chi connectivity index (χ1n) is 14.4. The van der Waals surface area contributed by atoms with Crippen LogP contribution >= 0.6 is 34.8 Å². The van der Waals surface area contributed by atoms with E-state index in [-0.39, 0.29) is 34.4 Å². The standard InChI is InChI=1S/C32H32Cl3N5O4/c1-32(31(37)42)14-44-29-22(32)11-24(40-28(29)20-9-18(33)10-23(34)26(20)35)21(15-3-4-15)13-39-30(41)16-7-17(12-38-19-5-6-19)27(36)25(8-16)43-2/h7-12,15,19,21H,3-6,13-14,36H2,1-2H3,(H2,37,42)(H,39,41)/t21-,32-/m0/s1. The van der Waals surface area contributed by atoms with Crippen LogP contribution in [-0.4, -0.2) is 49.3 Å². The van der Waals surface area contributed by atoms with Gasteiger partial charge in [0, 0.05) is 51.6 Å². The lowest BCUT2D eigenvalue weighted by Gasteiger charge is -2.23. The molecule has 2 aromatic carbocycles. The number of nitrogen functional groups attached to an aromatic ring is 1. The molecule has 6 rings (SSSR count). The maximum atomic E-state index is 13.5. The van der Waals surface area contributed by atoms with Crippen molar-refractivity contribution in [2.45, 2.75) is 50.0 Å². The monoisotopic (exact) mass is 655 g/mol. The van der Waals surface area contributed by atoms with E-state index in [0.717, 1.165) is 25.7 Å². The number of ether oxygens (including phenoxy) is 2. The number of aliphatic imine (C=N–C) groups is 1. The minimum Gasteiger partial charge on any atom is -0.495 e. The Bertz CT molecular complexity index is 1710. The number of carbonyl (C=O) groups excluding carboxylic acids is 2. The number of fused-ring (bicyclic) bond motifs is 1. The highest BCUT2D eigenvalue weighted by Gasteiger charge is 2.45. The second-order valence-electron chi connectivity index (χ2n) is 11.9. The third kappa shape index (κ3) is 5.80. The van der Waals surface area contributed by atoms with Crippen LogP contribution in [0.1, 0.15) is 65.7 Å². The van der Waals surface area contributed by atoms with Crippen molar-refractivity contribution in [1.82, 2.24) is 10.3 Å². The number of rotatable bonds is 10. The predicted molar refractivity (Wildman–Crippen MR) is 173 cm³/mol. The molecule has 2 saturated carbocycles. The summed E-state index contributed by atoms with van der Waals surface area (Å²) in [4.78, 5) is 35.7. The van der Waals surface area contributed by atoms with Crippen molar-refractivity contribution in [2.75, 3.05) is 26.0 Å². The molecule has 2 fully saturated rings. The molecule has 1 aromatic heterocycles. The molecule has 44 heavy (non-hydrogen) atoms. The Morgan fingerprint density at radius 3 is 2.59 bits per heavy atom. The number of hydrogen-bond donors (Lipinski definition) is 3. The largest absolute Gasteiger partial charge is 0.495 e. The molecule has 0 bridgehead atoms. The number of halogens is 3. The van der Waals surface area contributed by atoms with E-state index in [0.29, 0.717) is 68.4 Å². The van der Waals surface area contributed by atoms with Crippen molar-refractivity contribution in [2.24, 2.45) is 16.6 Å². The number of nitrogens with two attached hydrogens (primary N) is 2. The number of primary amides is 1. The summed E-state index contributed by atoms with van der Waals surface area (Å²) >= 11 is 19.4. The minimum atomic E-state index is -1.09. The van der Waals surface area contributed by atoms with Gasteiger partial charge in [0.25, 0.3) is 5.91 Å². The topological polar surface area (TPSA) is 142 Å². The van der Waals surface area contributed by atoms with Crippen LogP contribution in [-0.2, 0) is 10.2 Å². The lowest BCUT2D eigenvalue weighted by molar-refractivity contribution is -0.123. The second kappa shape index (κ2) is 11.8. The summed E-state index contributed by atoms with van der Waals surface area (Å²) < 4.78 is 11.5. The van der Waals surface area contributed by atoms with E-state index >= 15 is 0 Å². The third-order valence-corrected chi connectivity index (χ3v) is 9.59. The number of hydrogen-bond acceptors (Lipinski definition) is 7. The molecule has 2 amide bonds. The van der Waals surface area contributed by atoms with Gasteiger partial charge in [-0.1, -0.05) is 34.8 Å². The SMILES string of the molecule is COc1cc(C(=O)NC[C@H](c2cc3c(c(-c4cc(Cl)cc(Cl)c4Cl)n2)OC[C@]3(C)C(N)=O)C2CC2)cc(C=NC2CC2)c1N. The number of anilines is 1. The van der Waals surface area contributed by atoms with Gasteiger partial charge < -0.3 is 26.3 Å². The van der Waals surface area contributed by atoms with Gasteiger partial charge in [0.15, 0.2) is 0 Å². The second-order valence-corrected chi connectivity index (χ2v) is 13.1. The third-order valence-electron chi connectivity index (χ3n) is 8.57. The fraction of sp³-hybridized carbons (Fsp3) is 0.375. The first kappa shape index (κ1) is 30.5. The molecule has 2 aliphatic carbocycles. The Balaban J connectivity index is 1.36. The Morgan fingerprint density at radius 2 is 1.93 bits per heavy atom. The quantitative estimate of drug-likeness (QED) is 0.140. The van der Waals surface area contributed by atoms with Crippen molar-refractivity contribution < 1.29 is 19.1 Å². The number of nitrogens with one attached hydrogen (secondary N) is 1. The van der Waals surface area contributed by atoms with E-state index in [1.807, 2.05) is 6.07 Å². The summed E-state index contributed by atoms with van der Waals surface area (Å²) in [6.45, 7) is 2.09. The highest BCUT2D eigenvalue weighted by Crippen LogP contribution is 2.50. The zero-order valence-electron chi connectivity index (χ0n) is 24.3. The zero-order chi connectivity index (χ0) is 31.3. The summed E-state index contributed by atoms with van der Waals surface area (Å²) in [6, 6.07) is 8.73. The molecule has 9 nitrogen and oxygen atoms in total. The minimum absolute atomic E-state index is 0.0535. The van der Waals surface area contributed by atoms with Gasteiger partial charge in [-0.25, -0.2) is 4.98 Å². The van der Waals surface area contributed by atoms with Gasteiger partial charge in [0.05, 0.1) is 28.9 Å². The Hall–Kier alpha value is -3.53. The van der Waals surface area contributed by atoms with Crippen molar-refractivity contribution in [1.29, 1.82) is 0 Å². The predicted octanol–water partition coefficient (Wildman–Crippen LogP) is 5.94. The average molecular weight is 657 g/mol. The average Bonchev–Trinajstić information content (AvgIpc) is 3.93. The van der Waals surface area contributed by atoms with Crippen LogP contribution in [0.2, 0.25) is 15.1 Å². The molecule has 0 saturated heterocycles. The van der Waals surface area contributed by atoms with Gasteiger partial charge in [-0.3, -0.25) is 14.6 Å². The number of nitrogens with zero attached hydrogens (tertiary/aromatic N) is 2. The summed E-state index contributed by atoms with van der Waals surface area (Å²) in [5.41, 5.74) is 14.7. The van der Waals surface area contributed by atoms with E-state index in [4.69, 9.17) is 60.7 Å². The van der Waals surface area contributed by atoms with E-state index < -0.39 is 11.3 Å². The number of carbonyl (C=O) groups is 2. The van der Waals surface area contributed by atoms with Gasteiger partial charge >= 0.3 is 0 Å². The van der Waals surface area contributed by atoms with Crippen LogP contribution in [0.4, 0.5) is 5.69 Å². The summed E-state index contributed by atoms with van der Waals surface area (Å²) in [6.07, 6.45) is 5.76. The molecule has 12 heteroatoms. The Kier molecular flexibility index (Phi) is 8.15. The van der Waals surface area contributed by atoms with E-state index in [1.165, 1.54) is 7.11 Å². The molecular weight excluding hydrogens is 625 g/mol. The first-order valence-corrected chi connectivity index (χ1v) is 15.6. The molecule has 5 N–H and O–H groups in total. The van der Waals surface area contributed by atoms with Crippen LogP contribution in [0.15, 0.2) is 35.3 Å². The summed E-state index contributed by atoms with van der Waals surface area (Å²) in [5.74, 6) is 0.109. The highest BCUT2D eigenvalue weighted by molar-refractivity contribution is 6.45. The van der Waals surface area contributed by atoms with Gasteiger partial charge in [-0.2, -0.15) is 0 Å². The number of benzene rings is 2. The molecule has 0 unspecified atom stereocenters. The molecule has 2 atom stereocenters. The molecule has 0 radical (unpaired) electrons. The van der Waals surface area contributed by atoms with Crippen LogP contribution in [0.3, 0.4) is 0 Å². The molecule has 1 aliphatic heterocycles. The molecule has 3 aliphatic rings. The Labute approximate surface area is 270 Å². The van der Waals surface area contributed by atoms with E-state index in [9.17, 15) is 9.59 Å². The summed E-state index contributed by atoms with van der Waals surface area (Å²) in [7, 11) is 1.51. The molecule has 3 aromatic rings. The van der Waals surface area contributed by atoms with Crippen molar-refractivity contribution in [3.63, 3.8) is 0 Å². The smallest absolute Gasteiger partial charge is 0.251 e. The molecule has 230 valence electrons. The molecular formula is C32H32Cl3N5O4. The zero-order valence-corrected chi connectivity index (χ0v) is 26.5. The number of amides is 2. The lowest BCUT2D eigenvalue weighted by Crippen LogP contribution is -2.40. The number of aromatic nitrogens is 1. The normalized spacial score (nSPS) is 19.8. The van der Waals surface area contributed by atoms with Gasteiger partial charge in [-0.15, -0.1) is 0 Å². The maximum absolute atomic E-state index is 13.5. The van der Waals surface area contributed by atoms with Gasteiger partial charge in [-0.05, 0) is 68.9 Å². The number of pyridine rings is 1. The van der Waals surface area contributed by atoms with Crippen LogP contribution in [0, 0.1) is 5.92 Å². The Morgan fingerprint density at radius 1 is 1.18 bits per heavy atom. The van der Waals surface area contributed by atoms with Gasteiger partial charge in [0.2, 0.25) is 5.91 Å². The first-order chi connectivity index (χ1) is 21.0. The van der Waals surface area contributed by atoms with Gasteiger partial charge in [0.1, 0.15) is 29.2 Å². The van der Waals surface area contributed by atoms with Crippen LogP contribution in [0.25, 0.3) is 11.3 Å². The lowest BCUT2D eigenvalue weighted by atomic mass is 9.82. The maximum Gasteiger partial charge on any atom is 0.251 e. The van der Waals surface area contributed by atoms with Crippen molar-refractivity contribution in [3.8, 4) is 22.8 Å². The molecule has 0 spiro atoms. The summed E-state index contributed by atoms with van der Waals surface area (Å²) in [5, 5.41) is 3.98. The fourth-order valence-electron chi connectivity index (χ4n) is 5.49. The van der Waals surface area contributed by atoms with Crippen LogP contribution < -0.4 is 26.3 Å². The fourth-order valence-corrected chi connectivity index (χ4v) is 6.18. The van der Waals surface area contributed by atoms with Crippen LogP contribution in [0.5, 0.6) is 11.5 Å². The van der Waals surface area contributed by atoms with Crippen molar-refractivity contribution in [3.05, 3.63) is 67.8 Å². The highest BCUT2D eigenvalue weighted by atomic mass is 35.5.